The van der Waals surface area contributed by atoms with Gasteiger partial charge in [0, 0.05) is 11.1 Å². The summed E-state index contributed by atoms with van der Waals surface area (Å²) in [5.41, 5.74) is 3.41. The maximum Gasteiger partial charge on any atom is 0.234 e. The number of nitrogens with one attached hydrogen (secondary N) is 1. The molecule has 1 aromatic heterocycles. The zero-order valence-corrected chi connectivity index (χ0v) is 13.0. The van der Waals surface area contributed by atoms with E-state index in [1.54, 1.807) is 18.0 Å². The van der Waals surface area contributed by atoms with Gasteiger partial charge in [0.25, 0.3) is 0 Å². The van der Waals surface area contributed by atoms with Gasteiger partial charge < -0.3 is 5.32 Å². The number of nitrogens with zero attached hydrogens (tertiary/aromatic N) is 1. The van der Waals surface area contributed by atoms with Crippen molar-refractivity contribution in [3.8, 4) is 0 Å². The number of aromatic nitrogens is 1. The molecule has 1 aromatic carbocycles. The van der Waals surface area contributed by atoms with Gasteiger partial charge in [0.1, 0.15) is 0 Å². The van der Waals surface area contributed by atoms with Crippen molar-refractivity contribution in [1.29, 1.82) is 0 Å². The Labute approximate surface area is 129 Å². The van der Waals surface area contributed by atoms with E-state index < -0.39 is 0 Å². The van der Waals surface area contributed by atoms with Crippen LogP contribution in [-0.2, 0) is 11.2 Å². The monoisotopic (exact) mass is 298 g/mol. The first-order chi connectivity index (χ1) is 10.1. The molecule has 0 fully saturated rings. The molecule has 3 rings (SSSR count). The Hall–Kier alpha value is -1.81. The van der Waals surface area contributed by atoms with Crippen LogP contribution in [0.3, 0.4) is 0 Å². The number of thioether (sulfide) groups is 1. The highest BCUT2D eigenvalue weighted by atomic mass is 32.2. The Bertz CT molecular complexity index is 657. The third kappa shape index (κ3) is 3.10. The average Bonchev–Trinajstić information content (AvgIpc) is 2.91. The third-order valence-corrected chi connectivity index (χ3v) is 4.98. The van der Waals surface area contributed by atoms with Crippen molar-refractivity contribution in [2.45, 2.75) is 36.5 Å². The fourth-order valence-electron chi connectivity index (χ4n) is 2.49. The molecule has 1 N–H and O–H groups in total. The topological polar surface area (TPSA) is 42.0 Å². The van der Waals surface area contributed by atoms with E-state index in [9.17, 15) is 4.79 Å². The van der Waals surface area contributed by atoms with Crippen LogP contribution in [0, 0.1) is 6.92 Å². The number of carbonyl (C=O) groups excluding carboxylic acids is 1. The van der Waals surface area contributed by atoms with Crippen molar-refractivity contribution in [3.63, 3.8) is 0 Å². The van der Waals surface area contributed by atoms with Gasteiger partial charge in [0.2, 0.25) is 5.91 Å². The van der Waals surface area contributed by atoms with Crippen LogP contribution in [0.15, 0.2) is 47.5 Å². The van der Waals surface area contributed by atoms with Gasteiger partial charge in [-0.2, -0.15) is 0 Å². The predicted octanol–water partition coefficient (Wildman–Crippen LogP) is 3.28. The summed E-state index contributed by atoms with van der Waals surface area (Å²) in [4.78, 5) is 17.9. The molecule has 0 bridgehead atoms. The van der Waals surface area contributed by atoms with Gasteiger partial charge >= 0.3 is 0 Å². The van der Waals surface area contributed by atoms with Crippen LogP contribution in [0.1, 0.15) is 29.8 Å². The fraction of sp³-hybridized carbons (Fsp3) is 0.294. The van der Waals surface area contributed by atoms with E-state index in [2.05, 4.69) is 35.4 Å². The van der Waals surface area contributed by atoms with Crippen LogP contribution < -0.4 is 5.32 Å². The molecule has 3 nitrogen and oxygen atoms in total. The molecule has 1 aliphatic rings. The molecule has 108 valence electrons. The molecule has 4 heteroatoms. The molecular formula is C17H18N2OS. The van der Waals surface area contributed by atoms with Crippen LogP contribution in [-0.4, -0.2) is 16.1 Å². The Morgan fingerprint density at radius 1 is 1.38 bits per heavy atom. The lowest BCUT2D eigenvalue weighted by atomic mass is 10.1. The minimum absolute atomic E-state index is 0.0343. The quantitative estimate of drug-likeness (QED) is 0.945. The average molecular weight is 298 g/mol. The lowest BCUT2D eigenvalue weighted by Gasteiger charge is -2.16. The van der Waals surface area contributed by atoms with E-state index >= 15 is 0 Å². The SMILES string of the molecule is Cc1ccc2c(c1)S[C@H](C(=O)N[C@H](C)c1ccccn1)C2. The van der Waals surface area contributed by atoms with E-state index in [1.165, 1.54) is 16.0 Å². The van der Waals surface area contributed by atoms with Gasteiger partial charge in [-0.15, -0.1) is 11.8 Å². The summed E-state index contributed by atoms with van der Waals surface area (Å²) >= 11 is 1.66. The lowest BCUT2D eigenvalue weighted by molar-refractivity contribution is -0.121. The van der Waals surface area contributed by atoms with Gasteiger partial charge in [-0.25, -0.2) is 0 Å². The molecule has 2 atom stereocenters. The highest BCUT2D eigenvalue weighted by molar-refractivity contribution is 8.01. The number of fused-ring (bicyclic) bond motifs is 1. The molecule has 21 heavy (non-hydrogen) atoms. The number of aryl methyl sites for hydroxylation is 1. The van der Waals surface area contributed by atoms with Gasteiger partial charge in [0.05, 0.1) is 17.0 Å². The predicted molar refractivity (Wildman–Crippen MR) is 85.3 cm³/mol. The zero-order valence-electron chi connectivity index (χ0n) is 12.2. The van der Waals surface area contributed by atoms with Crippen LogP contribution in [0.4, 0.5) is 0 Å². The molecule has 1 amide bonds. The number of rotatable bonds is 3. The van der Waals surface area contributed by atoms with Crippen molar-refractivity contribution in [2.24, 2.45) is 0 Å². The largest absolute Gasteiger partial charge is 0.347 e. The number of carbonyl (C=O) groups is 1. The summed E-state index contributed by atoms with van der Waals surface area (Å²) in [5, 5.41) is 3.03. The number of benzene rings is 1. The number of pyridine rings is 1. The van der Waals surface area contributed by atoms with E-state index in [-0.39, 0.29) is 17.2 Å². The van der Waals surface area contributed by atoms with E-state index in [1.807, 2.05) is 25.1 Å². The second-order valence-electron chi connectivity index (χ2n) is 5.41. The molecule has 0 unspecified atom stereocenters. The summed E-state index contributed by atoms with van der Waals surface area (Å²) in [5.74, 6) is 0.0898. The van der Waals surface area contributed by atoms with E-state index in [0.717, 1.165) is 12.1 Å². The lowest BCUT2D eigenvalue weighted by Crippen LogP contribution is -2.34. The normalized spacial score (nSPS) is 18.1. The van der Waals surface area contributed by atoms with Gasteiger partial charge in [0.15, 0.2) is 0 Å². The van der Waals surface area contributed by atoms with Crippen molar-refractivity contribution in [1.82, 2.24) is 10.3 Å². The first-order valence-electron chi connectivity index (χ1n) is 7.11. The van der Waals surface area contributed by atoms with E-state index in [0.29, 0.717) is 0 Å². The summed E-state index contributed by atoms with van der Waals surface area (Å²) < 4.78 is 0. The van der Waals surface area contributed by atoms with Crippen molar-refractivity contribution >= 4 is 17.7 Å². The van der Waals surface area contributed by atoms with Gasteiger partial charge in [-0.3, -0.25) is 9.78 Å². The molecule has 2 aromatic rings. The Kier molecular flexibility index (Phi) is 3.97. The highest BCUT2D eigenvalue weighted by Crippen LogP contribution is 2.37. The minimum atomic E-state index is -0.0650. The standard InChI is InChI=1S/C17H18N2OS/c1-11-6-7-13-10-16(21-15(13)9-11)17(20)19-12(2)14-5-3-4-8-18-14/h3-9,12,16H,10H2,1-2H3,(H,19,20)/t12-,16+/m1/s1. The van der Waals surface area contributed by atoms with E-state index in [4.69, 9.17) is 0 Å². The van der Waals surface area contributed by atoms with Gasteiger partial charge in [-0.1, -0.05) is 23.8 Å². The Morgan fingerprint density at radius 3 is 3.00 bits per heavy atom. The first kappa shape index (κ1) is 14.1. The van der Waals surface area contributed by atoms with Crippen LogP contribution in [0.25, 0.3) is 0 Å². The van der Waals surface area contributed by atoms with Crippen molar-refractivity contribution in [3.05, 3.63) is 59.4 Å². The van der Waals surface area contributed by atoms with Crippen LogP contribution >= 0.6 is 11.8 Å². The second-order valence-corrected chi connectivity index (χ2v) is 6.65. The highest BCUT2D eigenvalue weighted by Gasteiger charge is 2.29. The molecule has 0 aliphatic carbocycles. The molecule has 0 radical (unpaired) electrons. The van der Waals surface area contributed by atoms with Crippen molar-refractivity contribution in [2.75, 3.05) is 0 Å². The fourth-order valence-corrected chi connectivity index (χ4v) is 3.79. The van der Waals surface area contributed by atoms with Crippen molar-refractivity contribution < 1.29 is 4.79 Å². The molecule has 1 aliphatic heterocycles. The Morgan fingerprint density at radius 2 is 2.24 bits per heavy atom. The van der Waals surface area contributed by atoms with Crippen LogP contribution in [0.2, 0.25) is 0 Å². The summed E-state index contributed by atoms with van der Waals surface area (Å²) in [6.07, 6.45) is 2.56. The third-order valence-electron chi connectivity index (χ3n) is 3.68. The molecule has 0 saturated heterocycles. The minimum Gasteiger partial charge on any atom is -0.347 e. The first-order valence-corrected chi connectivity index (χ1v) is 7.99. The zero-order chi connectivity index (χ0) is 14.8. The van der Waals surface area contributed by atoms with Gasteiger partial charge in [-0.05, 0) is 44.0 Å². The number of hydrogen-bond acceptors (Lipinski definition) is 3. The number of hydrogen-bond donors (Lipinski definition) is 1. The maximum absolute atomic E-state index is 12.4. The Balaban J connectivity index is 1.65. The summed E-state index contributed by atoms with van der Waals surface area (Å²) in [6.45, 7) is 4.05. The summed E-state index contributed by atoms with van der Waals surface area (Å²) in [7, 11) is 0. The molecule has 0 spiro atoms. The molecule has 2 heterocycles. The van der Waals surface area contributed by atoms with Crippen LogP contribution in [0.5, 0.6) is 0 Å². The second kappa shape index (κ2) is 5.90. The maximum atomic E-state index is 12.4. The number of amides is 1. The smallest absolute Gasteiger partial charge is 0.234 e. The summed E-state index contributed by atoms with van der Waals surface area (Å²) in [6, 6.07) is 12.1. The molecular weight excluding hydrogens is 280 g/mol. The molecule has 0 saturated carbocycles.